The molecule has 2 rings (SSSR count). The van der Waals surface area contributed by atoms with E-state index in [0.717, 1.165) is 4.47 Å². The Morgan fingerprint density at radius 1 is 1.25 bits per heavy atom. The van der Waals surface area contributed by atoms with Crippen molar-refractivity contribution < 1.29 is 9.47 Å². The summed E-state index contributed by atoms with van der Waals surface area (Å²) in [5.74, 6) is 1.57. The van der Waals surface area contributed by atoms with Crippen molar-refractivity contribution in [2.45, 2.75) is 0 Å². The van der Waals surface area contributed by atoms with Gasteiger partial charge in [-0.05, 0) is 46.3 Å². The van der Waals surface area contributed by atoms with E-state index in [4.69, 9.17) is 32.2 Å². The second-order valence-corrected chi connectivity index (χ2v) is 5.19. The molecule has 0 atom stereocenters. The Bertz CT molecular complexity index is 662. The van der Waals surface area contributed by atoms with Gasteiger partial charge in [-0.1, -0.05) is 17.7 Å². The summed E-state index contributed by atoms with van der Waals surface area (Å²) in [6, 6.07) is 10.4. The molecule has 0 heterocycles. The predicted molar refractivity (Wildman–Crippen MR) is 83.2 cm³/mol. The SMILES string of the molecule is COc1ccc(Oc2cccc(Cl)c2C(=N)N)c(Br)c1. The highest BCUT2D eigenvalue weighted by atomic mass is 79.9. The summed E-state index contributed by atoms with van der Waals surface area (Å²) >= 11 is 9.45. The Balaban J connectivity index is 2.40. The fourth-order valence-electron chi connectivity index (χ4n) is 1.66. The number of halogens is 2. The Hall–Kier alpha value is -1.72. The number of amidine groups is 1. The first-order chi connectivity index (χ1) is 9.52. The molecule has 0 saturated carbocycles. The van der Waals surface area contributed by atoms with E-state index in [1.165, 1.54) is 0 Å². The maximum atomic E-state index is 7.58. The van der Waals surface area contributed by atoms with Gasteiger partial charge >= 0.3 is 0 Å². The van der Waals surface area contributed by atoms with Gasteiger partial charge in [-0.2, -0.15) is 0 Å². The second-order valence-electron chi connectivity index (χ2n) is 3.93. The Labute approximate surface area is 130 Å². The number of nitrogens with two attached hydrogens (primary N) is 1. The van der Waals surface area contributed by atoms with Crippen LogP contribution >= 0.6 is 27.5 Å². The summed E-state index contributed by atoms with van der Waals surface area (Å²) in [5, 5.41) is 7.96. The number of hydrogen-bond acceptors (Lipinski definition) is 3. The zero-order chi connectivity index (χ0) is 14.7. The third-order valence-corrected chi connectivity index (χ3v) is 3.54. The smallest absolute Gasteiger partial charge is 0.141 e. The number of ether oxygens (including phenoxy) is 2. The number of nitrogens with one attached hydrogen (secondary N) is 1. The molecule has 0 aliphatic heterocycles. The lowest BCUT2D eigenvalue weighted by Gasteiger charge is -2.13. The molecule has 0 saturated heterocycles. The summed E-state index contributed by atoms with van der Waals surface area (Å²) in [7, 11) is 1.59. The van der Waals surface area contributed by atoms with Crippen LogP contribution in [0, 0.1) is 5.41 Å². The van der Waals surface area contributed by atoms with Gasteiger partial charge in [0.1, 0.15) is 23.1 Å². The van der Waals surface area contributed by atoms with E-state index in [0.29, 0.717) is 27.8 Å². The Morgan fingerprint density at radius 3 is 2.60 bits per heavy atom. The molecule has 2 aromatic carbocycles. The minimum atomic E-state index is -0.143. The van der Waals surface area contributed by atoms with Gasteiger partial charge in [0, 0.05) is 0 Å². The van der Waals surface area contributed by atoms with Crippen LogP contribution in [0.1, 0.15) is 5.56 Å². The monoisotopic (exact) mass is 354 g/mol. The lowest BCUT2D eigenvalue weighted by atomic mass is 10.2. The minimum Gasteiger partial charge on any atom is -0.497 e. The molecule has 0 bridgehead atoms. The van der Waals surface area contributed by atoms with Crippen molar-refractivity contribution in [1.82, 2.24) is 0 Å². The largest absolute Gasteiger partial charge is 0.497 e. The van der Waals surface area contributed by atoms with E-state index < -0.39 is 0 Å². The van der Waals surface area contributed by atoms with E-state index in [9.17, 15) is 0 Å². The molecule has 0 radical (unpaired) electrons. The second kappa shape index (κ2) is 6.15. The van der Waals surface area contributed by atoms with Crippen LogP contribution < -0.4 is 15.2 Å². The molecule has 0 aliphatic rings. The molecule has 0 spiro atoms. The Kier molecular flexibility index (Phi) is 4.52. The van der Waals surface area contributed by atoms with Crippen LogP contribution in [-0.4, -0.2) is 12.9 Å². The summed E-state index contributed by atoms with van der Waals surface area (Å²) in [6.45, 7) is 0. The number of rotatable bonds is 4. The van der Waals surface area contributed by atoms with E-state index >= 15 is 0 Å². The zero-order valence-electron chi connectivity index (χ0n) is 10.6. The zero-order valence-corrected chi connectivity index (χ0v) is 13.0. The molecule has 0 fully saturated rings. The molecule has 2 aromatic rings. The van der Waals surface area contributed by atoms with Crippen molar-refractivity contribution in [2.24, 2.45) is 5.73 Å². The fourth-order valence-corrected chi connectivity index (χ4v) is 2.37. The number of methoxy groups -OCH3 is 1. The first-order valence-corrected chi connectivity index (χ1v) is 6.84. The van der Waals surface area contributed by atoms with Gasteiger partial charge in [-0.3, -0.25) is 5.41 Å². The summed E-state index contributed by atoms with van der Waals surface area (Å²) in [6.07, 6.45) is 0. The minimum absolute atomic E-state index is 0.143. The summed E-state index contributed by atoms with van der Waals surface area (Å²) < 4.78 is 11.6. The highest BCUT2D eigenvalue weighted by molar-refractivity contribution is 9.10. The van der Waals surface area contributed by atoms with Gasteiger partial charge in [0.2, 0.25) is 0 Å². The van der Waals surface area contributed by atoms with Gasteiger partial charge in [0.05, 0.1) is 22.2 Å². The first kappa shape index (κ1) is 14.7. The van der Waals surface area contributed by atoms with Crippen molar-refractivity contribution in [1.29, 1.82) is 5.41 Å². The topological polar surface area (TPSA) is 68.3 Å². The Morgan fingerprint density at radius 2 is 2.00 bits per heavy atom. The molecule has 0 aromatic heterocycles. The van der Waals surface area contributed by atoms with Crippen molar-refractivity contribution in [3.8, 4) is 17.2 Å². The molecule has 4 nitrogen and oxygen atoms in total. The third-order valence-electron chi connectivity index (χ3n) is 2.60. The van der Waals surface area contributed by atoms with Gasteiger partial charge < -0.3 is 15.2 Å². The van der Waals surface area contributed by atoms with Crippen LogP contribution in [0.2, 0.25) is 5.02 Å². The highest BCUT2D eigenvalue weighted by Gasteiger charge is 2.13. The van der Waals surface area contributed by atoms with Crippen molar-refractivity contribution in [2.75, 3.05) is 7.11 Å². The van der Waals surface area contributed by atoms with Gasteiger partial charge in [-0.15, -0.1) is 0 Å². The maximum absolute atomic E-state index is 7.58. The molecule has 6 heteroatoms. The standard InChI is InChI=1S/C14H12BrClN2O2/c1-19-8-5-6-11(9(15)7-8)20-12-4-2-3-10(16)13(12)14(17)18/h2-7H,1H3,(H3,17,18). The normalized spacial score (nSPS) is 10.2. The highest BCUT2D eigenvalue weighted by Crippen LogP contribution is 2.35. The molecule has 0 unspecified atom stereocenters. The van der Waals surface area contributed by atoms with Crippen LogP contribution in [0.4, 0.5) is 0 Å². The van der Waals surface area contributed by atoms with Crippen LogP contribution in [0.3, 0.4) is 0 Å². The predicted octanol–water partition coefficient (Wildman–Crippen LogP) is 4.19. The van der Waals surface area contributed by atoms with Crippen LogP contribution in [0.25, 0.3) is 0 Å². The van der Waals surface area contributed by atoms with Crippen molar-refractivity contribution in [3.05, 3.63) is 51.5 Å². The quantitative estimate of drug-likeness (QED) is 0.638. The number of nitrogen functional groups attached to an aromatic ring is 1. The van der Waals surface area contributed by atoms with Crippen molar-refractivity contribution in [3.63, 3.8) is 0 Å². The molecule has 0 aliphatic carbocycles. The molecule has 3 N–H and O–H groups in total. The van der Waals surface area contributed by atoms with Crippen molar-refractivity contribution >= 4 is 33.4 Å². The van der Waals surface area contributed by atoms with Gasteiger partial charge in [0.25, 0.3) is 0 Å². The van der Waals surface area contributed by atoms with Gasteiger partial charge in [-0.25, -0.2) is 0 Å². The fraction of sp³-hybridized carbons (Fsp3) is 0.0714. The lowest BCUT2D eigenvalue weighted by Crippen LogP contribution is -2.13. The summed E-state index contributed by atoms with van der Waals surface area (Å²) in [5.41, 5.74) is 5.91. The number of benzene rings is 2. The average molecular weight is 356 g/mol. The molecule has 104 valence electrons. The molecule has 20 heavy (non-hydrogen) atoms. The van der Waals surface area contributed by atoms with E-state index in [1.54, 1.807) is 43.5 Å². The number of hydrogen-bond donors (Lipinski definition) is 2. The van der Waals surface area contributed by atoms with E-state index in [2.05, 4.69) is 15.9 Å². The average Bonchev–Trinajstić information content (AvgIpc) is 2.40. The summed E-state index contributed by atoms with van der Waals surface area (Å²) in [4.78, 5) is 0. The van der Waals surface area contributed by atoms with Crippen LogP contribution in [-0.2, 0) is 0 Å². The molecular formula is C14H12BrClN2O2. The first-order valence-electron chi connectivity index (χ1n) is 5.67. The van der Waals surface area contributed by atoms with E-state index in [-0.39, 0.29) is 5.84 Å². The third kappa shape index (κ3) is 3.05. The lowest BCUT2D eigenvalue weighted by molar-refractivity contribution is 0.412. The van der Waals surface area contributed by atoms with E-state index in [1.807, 2.05) is 0 Å². The molecule has 0 amide bonds. The van der Waals surface area contributed by atoms with Crippen LogP contribution in [0.5, 0.6) is 17.2 Å². The maximum Gasteiger partial charge on any atom is 0.141 e. The molecular weight excluding hydrogens is 344 g/mol. The van der Waals surface area contributed by atoms with Gasteiger partial charge in [0.15, 0.2) is 0 Å². The van der Waals surface area contributed by atoms with Crippen LogP contribution in [0.15, 0.2) is 40.9 Å².